The molecule has 3 rings (SSSR count). The van der Waals surface area contributed by atoms with Crippen molar-refractivity contribution in [2.24, 2.45) is 5.10 Å². The molecule has 0 saturated carbocycles. The molecule has 0 fully saturated rings. The van der Waals surface area contributed by atoms with Crippen molar-refractivity contribution in [3.63, 3.8) is 0 Å². The summed E-state index contributed by atoms with van der Waals surface area (Å²) in [5.74, 6) is 0.283. The van der Waals surface area contributed by atoms with Gasteiger partial charge in [-0.25, -0.2) is 5.43 Å². The molecule has 26 heavy (non-hydrogen) atoms. The molecule has 0 atom stereocenters. The molecule has 1 amide bonds. The van der Waals surface area contributed by atoms with Gasteiger partial charge in [0, 0.05) is 18.1 Å². The number of hydrazone groups is 1. The van der Waals surface area contributed by atoms with E-state index in [0.717, 1.165) is 11.3 Å². The number of hydrogen-bond donors (Lipinski definition) is 2. The largest absolute Gasteiger partial charge is 0.508 e. The number of carbonyl (C=O) groups is 1. The van der Waals surface area contributed by atoms with E-state index in [9.17, 15) is 9.90 Å². The van der Waals surface area contributed by atoms with Crippen molar-refractivity contribution >= 4 is 11.6 Å². The van der Waals surface area contributed by atoms with Crippen LogP contribution in [0.2, 0.25) is 0 Å². The molecule has 0 saturated heterocycles. The number of hydrogen-bond acceptors (Lipinski definition) is 4. The van der Waals surface area contributed by atoms with Crippen LogP contribution in [0.15, 0.2) is 78.2 Å². The molecular formula is C20H19N3O3. The molecule has 2 aromatic carbocycles. The van der Waals surface area contributed by atoms with Gasteiger partial charge >= 0.3 is 0 Å². The van der Waals surface area contributed by atoms with Crippen molar-refractivity contribution in [2.45, 2.75) is 6.92 Å². The fraction of sp³-hybridized carbons (Fsp3) is 0.100. The van der Waals surface area contributed by atoms with Crippen LogP contribution in [0.25, 0.3) is 5.69 Å². The summed E-state index contributed by atoms with van der Waals surface area (Å²) in [5.41, 5.74) is 5.14. The lowest BCUT2D eigenvalue weighted by molar-refractivity contribution is -0.123. The van der Waals surface area contributed by atoms with E-state index in [0.29, 0.717) is 11.5 Å². The molecule has 0 spiro atoms. The van der Waals surface area contributed by atoms with Crippen molar-refractivity contribution in [3.05, 3.63) is 78.6 Å². The van der Waals surface area contributed by atoms with Crippen LogP contribution in [0.1, 0.15) is 12.5 Å². The first-order valence-electron chi connectivity index (χ1n) is 8.10. The maximum atomic E-state index is 11.8. The molecule has 0 aliphatic rings. The van der Waals surface area contributed by atoms with Gasteiger partial charge < -0.3 is 14.4 Å². The van der Waals surface area contributed by atoms with E-state index in [1.54, 1.807) is 12.1 Å². The number of aromatic hydroxyl groups is 1. The Kier molecular flexibility index (Phi) is 5.34. The second kappa shape index (κ2) is 8.02. The van der Waals surface area contributed by atoms with Crippen LogP contribution < -0.4 is 10.2 Å². The fourth-order valence-corrected chi connectivity index (χ4v) is 2.32. The normalized spacial score (nSPS) is 11.2. The first-order valence-corrected chi connectivity index (χ1v) is 8.10. The summed E-state index contributed by atoms with van der Waals surface area (Å²) >= 11 is 0. The zero-order valence-corrected chi connectivity index (χ0v) is 14.3. The number of phenols is 1. The number of carbonyl (C=O) groups excluding carboxylic acids is 1. The van der Waals surface area contributed by atoms with Gasteiger partial charge in [-0.05, 0) is 61.0 Å². The summed E-state index contributed by atoms with van der Waals surface area (Å²) in [5, 5.41) is 13.3. The second-order valence-electron chi connectivity index (χ2n) is 5.65. The Labute approximate surface area is 151 Å². The van der Waals surface area contributed by atoms with E-state index in [1.165, 1.54) is 12.1 Å². The van der Waals surface area contributed by atoms with Gasteiger partial charge in [-0.15, -0.1) is 0 Å². The average Bonchev–Trinajstić information content (AvgIpc) is 3.20. The van der Waals surface area contributed by atoms with Crippen LogP contribution in [0.5, 0.6) is 11.5 Å². The third-order valence-corrected chi connectivity index (χ3v) is 3.74. The van der Waals surface area contributed by atoms with E-state index in [-0.39, 0.29) is 18.3 Å². The molecule has 1 aromatic heterocycles. The van der Waals surface area contributed by atoms with Gasteiger partial charge in [0.2, 0.25) is 0 Å². The minimum atomic E-state index is -0.360. The van der Waals surface area contributed by atoms with Gasteiger partial charge in [0.05, 0.1) is 5.71 Å². The lowest BCUT2D eigenvalue weighted by Gasteiger charge is -2.07. The molecule has 132 valence electrons. The molecule has 3 aromatic rings. The summed E-state index contributed by atoms with van der Waals surface area (Å²) in [6.45, 7) is 1.67. The molecule has 6 nitrogen and oxygen atoms in total. The van der Waals surface area contributed by atoms with Crippen LogP contribution in [0.4, 0.5) is 0 Å². The van der Waals surface area contributed by atoms with E-state index < -0.39 is 0 Å². The Bertz CT molecular complexity index is 883. The maximum absolute atomic E-state index is 11.8. The smallest absolute Gasteiger partial charge is 0.277 e. The molecular weight excluding hydrogens is 330 g/mol. The van der Waals surface area contributed by atoms with Crippen molar-refractivity contribution in [2.75, 3.05) is 6.61 Å². The molecule has 0 bridgehead atoms. The quantitative estimate of drug-likeness (QED) is 0.530. The van der Waals surface area contributed by atoms with Crippen LogP contribution in [-0.4, -0.2) is 27.9 Å². The van der Waals surface area contributed by atoms with Gasteiger partial charge in [0.25, 0.3) is 5.91 Å². The van der Waals surface area contributed by atoms with E-state index in [1.807, 2.05) is 60.3 Å². The number of nitrogens with one attached hydrogen (secondary N) is 1. The first-order chi connectivity index (χ1) is 12.6. The average molecular weight is 349 g/mol. The van der Waals surface area contributed by atoms with Crippen molar-refractivity contribution < 1.29 is 14.6 Å². The highest BCUT2D eigenvalue weighted by atomic mass is 16.5. The number of amides is 1. The number of benzene rings is 2. The Morgan fingerprint density at radius 2 is 1.73 bits per heavy atom. The molecule has 6 heteroatoms. The number of rotatable bonds is 6. The third kappa shape index (κ3) is 4.51. The summed E-state index contributed by atoms with van der Waals surface area (Å²) in [4.78, 5) is 11.8. The first kappa shape index (κ1) is 17.3. The highest BCUT2D eigenvalue weighted by Gasteiger charge is 2.04. The minimum absolute atomic E-state index is 0.143. The minimum Gasteiger partial charge on any atom is -0.508 e. The van der Waals surface area contributed by atoms with Crippen LogP contribution in [-0.2, 0) is 4.79 Å². The van der Waals surface area contributed by atoms with Crippen molar-refractivity contribution in [1.82, 2.24) is 9.99 Å². The van der Waals surface area contributed by atoms with Crippen molar-refractivity contribution in [3.8, 4) is 17.2 Å². The predicted molar refractivity (Wildman–Crippen MR) is 99.7 cm³/mol. The van der Waals surface area contributed by atoms with E-state index in [4.69, 9.17) is 4.74 Å². The van der Waals surface area contributed by atoms with Crippen molar-refractivity contribution in [1.29, 1.82) is 0 Å². The van der Waals surface area contributed by atoms with Crippen LogP contribution in [0.3, 0.4) is 0 Å². The molecule has 1 heterocycles. The molecule has 0 aliphatic heterocycles. The summed E-state index contributed by atoms with van der Waals surface area (Å²) in [6.07, 6.45) is 3.95. The zero-order chi connectivity index (χ0) is 18.4. The topological polar surface area (TPSA) is 75.8 Å². The zero-order valence-electron chi connectivity index (χ0n) is 14.3. The second-order valence-corrected chi connectivity index (χ2v) is 5.65. The number of ether oxygens (including phenoxy) is 1. The maximum Gasteiger partial charge on any atom is 0.277 e. The molecule has 0 unspecified atom stereocenters. The summed E-state index contributed by atoms with van der Waals surface area (Å²) in [7, 11) is 0. The lowest BCUT2D eigenvalue weighted by Crippen LogP contribution is -2.25. The monoisotopic (exact) mass is 349 g/mol. The lowest BCUT2D eigenvalue weighted by atomic mass is 10.1. The van der Waals surface area contributed by atoms with Gasteiger partial charge in [-0.2, -0.15) is 5.10 Å². The number of aromatic nitrogens is 1. The number of phenolic OH excluding ortho intramolecular Hbond substituents is 1. The van der Waals surface area contributed by atoms with E-state index >= 15 is 0 Å². The molecule has 0 radical (unpaired) electrons. The van der Waals surface area contributed by atoms with Gasteiger partial charge in [0.15, 0.2) is 6.61 Å². The Hall–Kier alpha value is -3.54. The highest BCUT2D eigenvalue weighted by Crippen LogP contribution is 2.15. The van der Waals surface area contributed by atoms with Crippen LogP contribution in [0, 0.1) is 0 Å². The Balaban J connectivity index is 1.54. The van der Waals surface area contributed by atoms with Gasteiger partial charge in [0.1, 0.15) is 11.5 Å². The highest BCUT2D eigenvalue weighted by molar-refractivity contribution is 5.99. The third-order valence-electron chi connectivity index (χ3n) is 3.74. The molecule has 2 N–H and O–H groups in total. The summed E-state index contributed by atoms with van der Waals surface area (Å²) in [6, 6.07) is 18.0. The Morgan fingerprint density at radius 1 is 1.08 bits per heavy atom. The Morgan fingerprint density at radius 3 is 2.38 bits per heavy atom. The number of nitrogens with zero attached hydrogens (tertiary/aromatic N) is 2. The van der Waals surface area contributed by atoms with Gasteiger partial charge in [-0.3, -0.25) is 4.79 Å². The summed E-state index contributed by atoms with van der Waals surface area (Å²) < 4.78 is 7.34. The fourth-order valence-electron chi connectivity index (χ4n) is 2.32. The predicted octanol–water partition coefficient (Wildman–Crippen LogP) is 3.10. The van der Waals surface area contributed by atoms with Gasteiger partial charge in [-0.1, -0.05) is 12.1 Å². The molecule has 0 aliphatic carbocycles. The standard InChI is InChI=1S/C20H19N3O3/c1-15(16-4-6-17(7-5-16)23-12-2-3-13-23)21-22-20(25)14-26-19-10-8-18(24)9-11-19/h2-13,24H,14H2,1H3,(H,22,25)/b21-15+. The van der Waals surface area contributed by atoms with Crippen LogP contribution >= 0.6 is 0 Å². The van der Waals surface area contributed by atoms with E-state index in [2.05, 4.69) is 10.5 Å². The SMILES string of the molecule is C/C(=N\NC(=O)COc1ccc(O)cc1)c1ccc(-n2cccc2)cc1.